The highest BCUT2D eigenvalue weighted by Gasteiger charge is 2.22. The zero-order valence-electron chi connectivity index (χ0n) is 34.1. The second kappa shape index (κ2) is 64.5. The Hall–Kier alpha value is 1.32. The molecule has 0 aliphatic heterocycles. The third-order valence-electron chi connectivity index (χ3n) is 6.88. The van der Waals surface area contributed by atoms with Gasteiger partial charge in [0.25, 0.3) is 0 Å². The number of aliphatic carboxylic acids is 3. The summed E-state index contributed by atoms with van der Waals surface area (Å²) in [6, 6.07) is -0.645. The molecule has 334 valence electrons. The number of unbranched alkanes of at least 4 members (excludes halogenated alkanes) is 10. The van der Waals surface area contributed by atoms with Crippen LogP contribution >= 0.6 is 115 Å². The second-order valence-corrected chi connectivity index (χ2v) is 22.8. The molecular formula is C32H70FIN3O9PS8. The van der Waals surface area contributed by atoms with Gasteiger partial charge in [0, 0.05) is 53.4 Å². The molecule has 23 heteroatoms. The van der Waals surface area contributed by atoms with Crippen LogP contribution in [0.3, 0.4) is 0 Å². The molecule has 0 fully saturated rings. The number of thiol groups is 1. The first kappa shape index (κ1) is 68.1. The zero-order chi connectivity index (χ0) is 43.5. The van der Waals surface area contributed by atoms with Crippen LogP contribution in [-0.2, 0) is 24.0 Å². The van der Waals surface area contributed by atoms with Gasteiger partial charge in [0.15, 0.2) is 0 Å². The molecule has 0 bridgehead atoms. The molecule has 0 aliphatic rings. The Labute approximate surface area is 379 Å². The third kappa shape index (κ3) is 73.3. The van der Waals surface area contributed by atoms with E-state index < -0.39 is 29.9 Å². The Morgan fingerprint density at radius 3 is 1.40 bits per heavy atom. The van der Waals surface area contributed by atoms with Crippen molar-refractivity contribution in [3.8, 4) is 0 Å². The van der Waals surface area contributed by atoms with E-state index in [0.717, 1.165) is 75.8 Å². The fraction of sp³-hybridized carbons (Fsp3) is 0.844. The van der Waals surface area contributed by atoms with Crippen molar-refractivity contribution in [1.82, 2.24) is 10.4 Å². The quantitative estimate of drug-likeness (QED) is 0.00838. The van der Waals surface area contributed by atoms with Crippen LogP contribution in [-0.4, -0.2) is 101 Å². The third-order valence-corrected chi connectivity index (χ3v) is 11.3. The molecule has 55 heavy (non-hydrogen) atoms. The molecule has 0 saturated carbocycles. The van der Waals surface area contributed by atoms with Crippen LogP contribution in [0.4, 0.5) is 4.70 Å². The highest BCUT2D eigenvalue weighted by Crippen LogP contribution is 2.17. The van der Waals surface area contributed by atoms with Gasteiger partial charge >= 0.3 is 17.9 Å². The summed E-state index contributed by atoms with van der Waals surface area (Å²) in [5.41, 5.74) is 0. The lowest BCUT2D eigenvalue weighted by molar-refractivity contribution is -0.144. The van der Waals surface area contributed by atoms with Crippen molar-refractivity contribution in [3.63, 3.8) is 0 Å². The average molecular weight is 1080 g/mol. The van der Waals surface area contributed by atoms with E-state index in [2.05, 4.69) is 63.2 Å². The fourth-order valence-electron chi connectivity index (χ4n) is 4.08. The molecule has 0 saturated heterocycles. The van der Waals surface area contributed by atoms with E-state index in [1.165, 1.54) is 7.97 Å². The van der Waals surface area contributed by atoms with Crippen molar-refractivity contribution >= 4 is 144 Å². The summed E-state index contributed by atoms with van der Waals surface area (Å²) in [4.78, 5) is 57.1. The molecule has 1 unspecified atom stereocenters. The number of Topliss-reactive ketones (excluding diaryl/α,β-unsaturated/α-hetero) is 1. The summed E-state index contributed by atoms with van der Waals surface area (Å²) >= 11 is 3.05. The first-order chi connectivity index (χ1) is 26.3. The van der Waals surface area contributed by atoms with E-state index in [0.29, 0.717) is 32.2 Å². The molecule has 1 amide bonds. The topological polar surface area (TPSA) is 216 Å². The first-order valence-corrected chi connectivity index (χ1v) is 30.9. The van der Waals surface area contributed by atoms with Crippen molar-refractivity contribution in [2.75, 3.05) is 44.1 Å². The summed E-state index contributed by atoms with van der Waals surface area (Å²) in [6.45, 7) is 0.394. The molecule has 0 spiro atoms. The SMILES string of the molecule is CSSC.CSSC.CSSC.F.NO.O=C(O)CCCCCCCCCCCCC(=O)C[C@@H](CCC(=O)NCCCC[C@H](NP)C(=O)O)C(=O)O.[3H]SSI. The second-order valence-electron chi connectivity index (χ2n) is 10.7. The predicted molar refractivity (Wildman–Crippen MR) is 264 cm³/mol. The summed E-state index contributed by atoms with van der Waals surface area (Å²) in [5.74, 6) is -0.431. The Morgan fingerprint density at radius 1 is 0.673 bits per heavy atom. The average Bonchev–Trinajstić information content (AvgIpc) is 3.18. The Kier molecular flexibility index (Phi) is 79.8. The number of halogens is 2. The first-order valence-electron chi connectivity index (χ1n) is 17.5. The van der Waals surface area contributed by atoms with Gasteiger partial charge in [-0.3, -0.25) is 33.8 Å². The van der Waals surface area contributed by atoms with Crippen LogP contribution in [0.15, 0.2) is 0 Å². The summed E-state index contributed by atoms with van der Waals surface area (Å²) in [6.07, 6.45) is 24.7. The van der Waals surface area contributed by atoms with Crippen LogP contribution in [0.5, 0.6) is 0 Å². The number of rotatable bonds is 30. The van der Waals surface area contributed by atoms with E-state index in [9.17, 15) is 29.1 Å². The smallest absolute Gasteiger partial charge is 0.320 e. The minimum Gasteiger partial charge on any atom is -0.481 e. The summed E-state index contributed by atoms with van der Waals surface area (Å²) in [7, 11) is 14.2. The van der Waals surface area contributed by atoms with Crippen LogP contribution in [0, 0.1) is 5.92 Å². The van der Waals surface area contributed by atoms with E-state index in [-0.39, 0.29) is 42.1 Å². The van der Waals surface area contributed by atoms with Crippen LogP contribution < -0.4 is 16.3 Å². The Bertz CT molecular complexity index is 847. The van der Waals surface area contributed by atoms with E-state index in [1.54, 1.807) is 64.8 Å². The molecule has 0 aromatic heterocycles. The van der Waals surface area contributed by atoms with Gasteiger partial charge in [-0.05, 0) is 84.0 Å². The molecule has 0 rings (SSSR count). The highest BCUT2D eigenvalue weighted by molar-refractivity contribution is 14.2. The zero-order valence-corrected chi connectivity index (χ0v) is 43.0. The number of carbonyl (C=O) groups excluding carboxylic acids is 2. The maximum atomic E-state index is 12.2. The molecule has 0 aliphatic carbocycles. The molecule has 0 aromatic rings. The van der Waals surface area contributed by atoms with E-state index in [4.69, 9.17) is 16.5 Å². The van der Waals surface area contributed by atoms with Gasteiger partial charge < -0.3 is 25.8 Å². The predicted octanol–water partition coefficient (Wildman–Crippen LogP) is 10.6. The Morgan fingerprint density at radius 2 is 1.07 bits per heavy atom. The van der Waals surface area contributed by atoms with Crippen molar-refractivity contribution in [2.45, 2.75) is 122 Å². The number of hydrogen-bond acceptors (Lipinski definition) is 16. The minimum atomic E-state index is -1.06. The van der Waals surface area contributed by atoms with Gasteiger partial charge in [0.05, 0.1) is 5.92 Å². The van der Waals surface area contributed by atoms with Gasteiger partial charge in [0.2, 0.25) is 5.91 Å². The highest BCUT2D eigenvalue weighted by atomic mass is 127. The number of nitrogens with two attached hydrogens (primary N) is 1. The normalized spacial score (nSPS) is 10.8. The number of ketones is 1. The Balaban J connectivity index is -0.000000210. The molecule has 8 N–H and O–H groups in total. The summed E-state index contributed by atoms with van der Waals surface area (Å²) < 4.78 is 6.32. The maximum Gasteiger partial charge on any atom is 0.320 e. The molecular weight excluding hydrogens is 1000 g/mol. The number of carboxylic acid groups (broad SMARTS) is 3. The van der Waals surface area contributed by atoms with Gasteiger partial charge in [-0.1, -0.05) is 126 Å². The van der Waals surface area contributed by atoms with Crippen molar-refractivity contribution in [2.24, 2.45) is 11.8 Å². The summed E-state index contributed by atoms with van der Waals surface area (Å²) in [5, 5.41) is 38.8. The van der Waals surface area contributed by atoms with Crippen LogP contribution in [0.25, 0.3) is 0 Å². The molecule has 0 heterocycles. The lowest BCUT2D eigenvalue weighted by Gasteiger charge is -2.12. The molecule has 3 atom stereocenters. The standard InChI is InChI=1S/C26H47N2O8P.3C2H6S2.FH.HIS2.H3NO/c29-21(13-9-7-5-3-1-2-4-6-8-10-15-24(31)32)19-20(25(33)34)16-17-23(30)27-18-12-11-14-22(28-37)26(35)36;3*1-3-4-2;;1-3-2;1-2/h20,22,28H,1-19,37H2,(H,27,30)(H,31,32)(H,33,34)(H,35,36);3*1-2H3;1H;2H;2H,1H2/t20-,22+;;;;;;/m1....../s1/i/hT. The fourth-order valence-corrected chi connectivity index (χ4v) is 4.38. The molecule has 0 aromatic carbocycles. The van der Waals surface area contributed by atoms with Crippen LogP contribution in [0.1, 0.15) is 116 Å². The maximum absolute atomic E-state index is 12.2. The largest absolute Gasteiger partial charge is 0.481 e. The number of amides is 1. The molecule has 12 nitrogen and oxygen atoms in total. The van der Waals surface area contributed by atoms with E-state index >= 15 is 0 Å². The van der Waals surface area contributed by atoms with Gasteiger partial charge in [-0.15, -0.1) is 11.6 Å². The van der Waals surface area contributed by atoms with Gasteiger partial charge in [-0.2, -0.15) is 0 Å². The van der Waals surface area contributed by atoms with E-state index in [1.807, 2.05) is 21.2 Å². The monoisotopic (exact) mass is 1080 g/mol. The van der Waals surface area contributed by atoms with Crippen molar-refractivity contribution < 1.29 is 49.2 Å². The number of carbonyl (C=O) groups is 5. The van der Waals surface area contributed by atoms with Crippen molar-refractivity contribution in [1.29, 1.82) is 1.12 Å². The van der Waals surface area contributed by atoms with Gasteiger partial charge in [-0.25, -0.2) is 5.90 Å². The number of carboxylic acids is 3. The number of hydrogen-bond donors (Lipinski definition) is 8. The van der Waals surface area contributed by atoms with Crippen LogP contribution in [0.2, 0.25) is 0 Å². The van der Waals surface area contributed by atoms with Gasteiger partial charge in [0.1, 0.15) is 12.9 Å². The number of nitrogens with one attached hydrogen (secondary N) is 2. The lowest BCUT2D eigenvalue weighted by Crippen LogP contribution is -2.30. The lowest BCUT2D eigenvalue weighted by atomic mass is 9.94. The minimum absolute atomic E-state index is 0. The van der Waals surface area contributed by atoms with Crippen molar-refractivity contribution in [3.05, 3.63) is 0 Å². The molecule has 0 radical (unpaired) electrons.